The van der Waals surface area contributed by atoms with Crippen LogP contribution in [0.15, 0.2) is 29.3 Å². The van der Waals surface area contributed by atoms with Gasteiger partial charge in [0.1, 0.15) is 5.56 Å². The smallest absolute Gasteiger partial charge is 0.265 e. The first-order valence-corrected chi connectivity index (χ1v) is 9.70. The second-order valence-corrected chi connectivity index (χ2v) is 7.30. The zero-order valence-electron chi connectivity index (χ0n) is 16.1. The number of hydrogen-bond acceptors (Lipinski definition) is 2. The first kappa shape index (κ1) is 21.1. The van der Waals surface area contributed by atoms with Crippen LogP contribution in [0.1, 0.15) is 52.3 Å². The number of benzene rings is 1. The molecule has 0 saturated heterocycles. The van der Waals surface area contributed by atoms with E-state index >= 15 is 4.39 Å². The maximum absolute atomic E-state index is 15.1. The fourth-order valence-corrected chi connectivity index (χ4v) is 3.76. The van der Waals surface area contributed by atoms with Crippen molar-refractivity contribution in [2.24, 2.45) is 0 Å². The highest BCUT2D eigenvalue weighted by Gasteiger charge is 2.28. The molecule has 0 unspecified atom stereocenters. The molecule has 0 saturated carbocycles. The lowest BCUT2D eigenvalue weighted by Gasteiger charge is -2.18. The Bertz CT molecular complexity index is 885. The van der Waals surface area contributed by atoms with E-state index in [-0.39, 0.29) is 28.9 Å². The molecule has 6 heteroatoms. The Balaban J connectivity index is 2.59. The van der Waals surface area contributed by atoms with Gasteiger partial charge in [-0.1, -0.05) is 35.9 Å². The molecule has 0 aliphatic carbocycles. The zero-order valence-corrected chi connectivity index (χ0v) is 17.7. The van der Waals surface area contributed by atoms with Crippen LogP contribution in [-0.4, -0.2) is 5.91 Å². The number of anilines is 1. The summed E-state index contributed by atoms with van der Waals surface area (Å²) in [5, 5.41) is 15.3. The molecular formula is C21H24BrFN2O2. The van der Waals surface area contributed by atoms with Crippen LogP contribution in [0.5, 0.6) is 0 Å². The summed E-state index contributed by atoms with van der Waals surface area (Å²) >= 11 is 3.48. The van der Waals surface area contributed by atoms with E-state index in [4.69, 9.17) is 0 Å². The van der Waals surface area contributed by atoms with E-state index in [1.165, 1.54) is 13.0 Å². The van der Waals surface area contributed by atoms with Crippen LogP contribution in [-0.2, 0) is 19.3 Å². The van der Waals surface area contributed by atoms with Crippen molar-refractivity contribution in [3.05, 3.63) is 73.9 Å². The van der Waals surface area contributed by atoms with Crippen LogP contribution in [0.3, 0.4) is 0 Å². The second kappa shape index (κ2) is 8.65. The monoisotopic (exact) mass is 434 g/mol. The number of carbonyl (C=O) groups excluding carboxylic acids is 1. The summed E-state index contributed by atoms with van der Waals surface area (Å²) in [6, 6.07) is 3.87. The van der Waals surface area contributed by atoms with Crippen molar-refractivity contribution in [3.8, 4) is 0 Å². The van der Waals surface area contributed by atoms with E-state index in [2.05, 4.69) is 27.8 Å². The van der Waals surface area contributed by atoms with Crippen LogP contribution in [0.2, 0.25) is 0 Å². The van der Waals surface area contributed by atoms with Gasteiger partial charge in [-0.3, -0.25) is 4.79 Å². The number of halogens is 2. The quantitative estimate of drug-likeness (QED) is 0.397. The normalized spacial score (nSPS) is 10.7. The Morgan fingerprint density at radius 3 is 2.30 bits per heavy atom. The van der Waals surface area contributed by atoms with Gasteiger partial charge in [0, 0.05) is 24.0 Å². The zero-order chi connectivity index (χ0) is 20.3. The van der Waals surface area contributed by atoms with Crippen molar-refractivity contribution in [2.45, 2.75) is 47.0 Å². The molecule has 1 aromatic carbocycles. The van der Waals surface area contributed by atoms with Crippen molar-refractivity contribution >= 4 is 27.5 Å². The van der Waals surface area contributed by atoms with Crippen LogP contribution in [0, 0.1) is 24.9 Å². The number of amides is 1. The molecule has 144 valence electrons. The highest BCUT2D eigenvalue weighted by Crippen LogP contribution is 2.29. The van der Waals surface area contributed by atoms with Gasteiger partial charge in [0.2, 0.25) is 5.69 Å². The van der Waals surface area contributed by atoms with E-state index < -0.39 is 11.7 Å². The molecule has 4 nitrogen and oxygen atoms in total. The summed E-state index contributed by atoms with van der Waals surface area (Å²) in [4.78, 5) is 13.0. The predicted molar refractivity (Wildman–Crippen MR) is 110 cm³/mol. The number of pyridine rings is 1. The molecule has 0 atom stereocenters. The van der Waals surface area contributed by atoms with Crippen molar-refractivity contribution < 1.29 is 13.9 Å². The van der Waals surface area contributed by atoms with E-state index in [9.17, 15) is 10.0 Å². The van der Waals surface area contributed by atoms with Gasteiger partial charge >= 0.3 is 0 Å². The Morgan fingerprint density at radius 2 is 1.81 bits per heavy atom. The van der Waals surface area contributed by atoms with Crippen molar-refractivity contribution in [1.82, 2.24) is 0 Å². The van der Waals surface area contributed by atoms with Gasteiger partial charge in [-0.25, -0.2) is 4.39 Å². The molecule has 2 aromatic rings. The number of carbonyl (C=O) groups is 1. The lowest BCUT2D eigenvalue weighted by atomic mass is 10.0. The van der Waals surface area contributed by atoms with Gasteiger partial charge in [-0.05, 0) is 42.5 Å². The molecule has 1 heterocycles. The number of allylic oxidation sites excluding steroid dienone is 1. The molecule has 0 spiro atoms. The van der Waals surface area contributed by atoms with Gasteiger partial charge in [0.25, 0.3) is 5.91 Å². The molecule has 1 aromatic heterocycles. The molecule has 1 N–H and O–H groups in total. The Morgan fingerprint density at radius 1 is 1.26 bits per heavy atom. The topological polar surface area (TPSA) is 56.0 Å². The van der Waals surface area contributed by atoms with Crippen LogP contribution in [0.25, 0.3) is 0 Å². The largest absolute Gasteiger partial charge is 0.618 e. The number of aromatic nitrogens is 1. The summed E-state index contributed by atoms with van der Waals surface area (Å²) in [6.07, 6.45) is 3.11. The first-order valence-electron chi connectivity index (χ1n) is 8.91. The summed E-state index contributed by atoms with van der Waals surface area (Å²) < 4.78 is 16.6. The highest BCUT2D eigenvalue weighted by atomic mass is 79.9. The standard InChI is InChI=1S/C21H24BrFN2O2/c1-6-9-17-12(4)25(27)13(5)18(19(17)23)21(26)24-20-14(7-2)10-16(22)11-15(20)8-3/h6,10-11H,1,7-9H2,2-5H3,(H,24,26). The third-order valence-electron chi connectivity index (χ3n) is 4.73. The average Bonchev–Trinajstić information content (AvgIpc) is 2.64. The van der Waals surface area contributed by atoms with E-state index in [1.54, 1.807) is 6.92 Å². The number of rotatable bonds is 6. The first-order chi connectivity index (χ1) is 12.8. The van der Waals surface area contributed by atoms with Crippen LogP contribution >= 0.6 is 15.9 Å². The average molecular weight is 435 g/mol. The lowest BCUT2D eigenvalue weighted by Crippen LogP contribution is -2.39. The molecule has 0 aliphatic rings. The van der Waals surface area contributed by atoms with Crippen LogP contribution < -0.4 is 10.0 Å². The minimum atomic E-state index is -0.664. The molecule has 1 amide bonds. The van der Waals surface area contributed by atoms with Crippen molar-refractivity contribution in [3.63, 3.8) is 0 Å². The molecule has 27 heavy (non-hydrogen) atoms. The minimum absolute atomic E-state index is 0.0449. The third-order valence-corrected chi connectivity index (χ3v) is 5.19. The fourth-order valence-electron chi connectivity index (χ4n) is 3.21. The molecule has 0 bridgehead atoms. The Kier molecular flexibility index (Phi) is 6.76. The third kappa shape index (κ3) is 4.05. The highest BCUT2D eigenvalue weighted by molar-refractivity contribution is 9.10. The van der Waals surface area contributed by atoms with E-state index in [1.807, 2.05) is 26.0 Å². The van der Waals surface area contributed by atoms with Crippen LogP contribution in [0.4, 0.5) is 10.1 Å². The SMILES string of the molecule is C=CCc1c(F)c(C(=O)Nc2c(CC)cc(Br)cc2CC)c(C)[n+]([O-])c1C. The lowest BCUT2D eigenvalue weighted by molar-refractivity contribution is -0.620. The predicted octanol–water partition coefficient (Wildman–Crippen LogP) is 4.94. The Hall–Kier alpha value is -2.21. The molecule has 0 aliphatic heterocycles. The Labute approximate surface area is 167 Å². The van der Waals surface area contributed by atoms with Gasteiger partial charge in [-0.2, -0.15) is 4.73 Å². The molecular weight excluding hydrogens is 411 g/mol. The van der Waals surface area contributed by atoms with E-state index in [0.29, 0.717) is 23.3 Å². The maximum Gasteiger partial charge on any atom is 0.265 e. The van der Waals surface area contributed by atoms with Gasteiger partial charge in [-0.15, -0.1) is 6.58 Å². The number of nitrogens with zero attached hydrogens (tertiary/aromatic N) is 1. The number of nitrogens with one attached hydrogen (secondary N) is 1. The molecule has 0 radical (unpaired) electrons. The fraction of sp³-hybridized carbons (Fsp3) is 0.333. The van der Waals surface area contributed by atoms with Gasteiger partial charge in [0.05, 0.1) is 5.56 Å². The van der Waals surface area contributed by atoms with E-state index in [0.717, 1.165) is 15.6 Å². The molecule has 2 rings (SSSR count). The summed E-state index contributed by atoms with van der Waals surface area (Å²) in [7, 11) is 0. The summed E-state index contributed by atoms with van der Waals surface area (Å²) in [5.74, 6) is -1.28. The summed E-state index contributed by atoms with van der Waals surface area (Å²) in [5.41, 5.74) is 2.83. The maximum atomic E-state index is 15.1. The van der Waals surface area contributed by atoms with Gasteiger partial charge in [0.15, 0.2) is 11.5 Å². The number of aryl methyl sites for hydroxylation is 2. The van der Waals surface area contributed by atoms with Crippen molar-refractivity contribution in [1.29, 1.82) is 0 Å². The minimum Gasteiger partial charge on any atom is -0.618 e. The summed E-state index contributed by atoms with van der Waals surface area (Å²) in [6.45, 7) is 10.6. The second-order valence-electron chi connectivity index (χ2n) is 6.39. The molecule has 0 fully saturated rings. The van der Waals surface area contributed by atoms with Crippen molar-refractivity contribution in [2.75, 3.05) is 5.32 Å². The van der Waals surface area contributed by atoms with Gasteiger partial charge < -0.3 is 10.5 Å². The number of hydrogen-bond donors (Lipinski definition) is 1.